The zero-order valence-corrected chi connectivity index (χ0v) is 23.9. The molecule has 6 rings (SSSR count). The van der Waals surface area contributed by atoms with Gasteiger partial charge in [-0.05, 0) is 73.9 Å². The van der Waals surface area contributed by atoms with Crippen molar-refractivity contribution in [2.45, 2.75) is 26.3 Å². The van der Waals surface area contributed by atoms with Gasteiger partial charge in [0.1, 0.15) is 17.3 Å². The molecule has 0 spiro atoms. The van der Waals surface area contributed by atoms with Crippen LogP contribution in [0.15, 0.2) is 91.1 Å². The van der Waals surface area contributed by atoms with Gasteiger partial charge in [-0.25, -0.2) is 9.37 Å². The van der Waals surface area contributed by atoms with Gasteiger partial charge in [0.05, 0.1) is 28.0 Å². The monoisotopic (exact) mass is 577 g/mol. The van der Waals surface area contributed by atoms with Crippen LogP contribution in [-0.4, -0.2) is 28.3 Å². The minimum absolute atomic E-state index is 0.0901. The smallest absolute Gasteiger partial charge is 0.276 e. The lowest BCUT2D eigenvalue weighted by molar-refractivity contribution is 0.0981. The lowest BCUT2D eigenvalue weighted by Gasteiger charge is -2.23. The van der Waals surface area contributed by atoms with Crippen molar-refractivity contribution in [3.8, 4) is 10.4 Å². The van der Waals surface area contributed by atoms with Crippen LogP contribution in [0.3, 0.4) is 0 Å². The Bertz CT molecular complexity index is 1770. The molecule has 4 heterocycles. The van der Waals surface area contributed by atoms with Gasteiger partial charge in [-0.2, -0.15) is 0 Å². The van der Waals surface area contributed by atoms with Gasteiger partial charge in [0.2, 0.25) is 0 Å². The van der Waals surface area contributed by atoms with Crippen molar-refractivity contribution in [3.63, 3.8) is 0 Å². The topological polar surface area (TPSA) is 87.2 Å². The van der Waals surface area contributed by atoms with E-state index in [0.717, 1.165) is 27.4 Å². The number of carbonyl (C=O) groups excluding carboxylic acids is 2. The summed E-state index contributed by atoms with van der Waals surface area (Å²) < 4.78 is 14.4. The first-order valence-corrected chi connectivity index (χ1v) is 14.5. The van der Waals surface area contributed by atoms with E-state index in [0.29, 0.717) is 34.9 Å². The molecule has 1 atom stereocenters. The number of halogens is 1. The number of rotatable bonds is 6. The van der Waals surface area contributed by atoms with Crippen molar-refractivity contribution in [1.82, 2.24) is 9.97 Å². The average molecular weight is 578 g/mol. The summed E-state index contributed by atoms with van der Waals surface area (Å²) in [5.74, 6) is -0.457. The largest absolute Gasteiger partial charge is 0.362 e. The Labute approximate surface area is 247 Å². The maximum absolute atomic E-state index is 14.4. The van der Waals surface area contributed by atoms with Gasteiger partial charge in [-0.1, -0.05) is 42.5 Å². The Kier molecular flexibility index (Phi) is 7.50. The third-order valence-corrected chi connectivity index (χ3v) is 8.46. The summed E-state index contributed by atoms with van der Waals surface area (Å²) in [6.45, 7) is 4.16. The highest BCUT2D eigenvalue weighted by molar-refractivity contribution is 7.17. The molecule has 2 aromatic carbocycles. The first kappa shape index (κ1) is 27.3. The number of aromatic nitrogens is 2. The summed E-state index contributed by atoms with van der Waals surface area (Å²) in [6.07, 6.45) is 2.29. The van der Waals surface area contributed by atoms with E-state index in [9.17, 15) is 14.0 Å². The minimum atomic E-state index is -0.472. The van der Waals surface area contributed by atoms with E-state index < -0.39 is 5.82 Å². The molecule has 0 bridgehead atoms. The van der Waals surface area contributed by atoms with Gasteiger partial charge in [0.15, 0.2) is 0 Å². The average Bonchev–Trinajstić information content (AvgIpc) is 3.37. The fourth-order valence-corrected chi connectivity index (χ4v) is 6.22. The molecule has 0 radical (unpaired) electrons. The van der Waals surface area contributed by atoms with Crippen molar-refractivity contribution in [3.05, 3.63) is 124 Å². The number of nitrogens with one attached hydrogen (secondary N) is 2. The van der Waals surface area contributed by atoms with Crippen LogP contribution >= 0.6 is 11.3 Å². The van der Waals surface area contributed by atoms with E-state index in [-0.39, 0.29) is 23.5 Å². The molecular weight excluding hydrogens is 549 g/mol. The number of hydrogen-bond donors (Lipinski definition) is 2. The molecule has 3 aromatic heterocycles. The van der Waals surface area contributed by atoms with Crippen molar-refractivity contribution in [2.24, 2.45) is 0 Å². The molecule has 0 saturated heterocycles. The maximum Gasteiger partial charge on any atom is 0.276 e. The van der Waals surface area contributed by atoms with Gasteiger partial charge >= 0.3 is 0 Å². The number of nitrogens with zero attached hydrogens (tertiary/aromatic N) is 3. The van der Waals surface area contributed by atoms with Gasteiger partial charge in [-0.3, -0.25) is 14.6 Å². The Morgan fingerprint density at radius 3 is 2.62 bits per heavy atom. The number of aryl methyl sites for hydroxylation is 1. The lowest BCUT2D eigenvalue weighted by Crippen LogP contribution is -2.33. The predicted octanol–water partition coefficient (Wildman–Crippen LogP) is 7.28. The van der Waals surface area contributed by atoms with E-state index in [4.69, 9.17) is 0 Å². The molecule has 0 aliphatic carbocycles. The zero-order chi connectivity index (χ0) is 29.2. The SMILES string of the molecule is Cc1cccc(F)c1NC(=O)c1cc2c(s1)-c1ccccc1N(C(=O)c1cccc(NC(C)c3ccccn3)n1)CC2. The van der Waals surface area contributed by atoms with Crippen molar-refractivity contribution in [2.75, 3.05) is 22.1 Å². The van der Waals surface area contributed by atoms with Crippen LogP contribution in [0.1, 0.15) is 49.9 Å². The fourth-order valence-electron chi connectivity index (χ4n) is 5.08. The van der Waals surface area contributed by atoms with E-state index >= 15 is 0 Å². The van der Waals surface area contributed by atoms with E-state index in [2.05, 4.69) is 20.6 Å². The van der Waals surface area contributed by atoms with E-state index in [1.807, 2.05) is 67.6 Å². The predicted molar refractivity (Wildman–Crippen MR) is 165 cm³/mol. The number of pyridine rings is 2. The van der Waals surface area contributed by atoms with Crippen molar-refractivity contribution < 1.29 is 14.0 Å². The second kappa shape index (κ2) is 11.5. The molecular formula is C33H28FN5O2S. The third kappa shape index (κ3) is 5.38. The Morgan fingerprint density at radius 1 is 1.00 bits per heavy atom. The van der Waals surface area contributed by atoms with Crippen LogP contribution < -0.4 is 15.5 Å². The number of thiophene rings is 1. The first-order chi connectivity index (χ1) is 20.4. The molecule has 210 valence electrons. The van der Waals surface area contributed by atoms with Crippen molar-refractivity contribution >= 4 is 40.3 Å². The van der Waals surface area contributed by atoms with Gasteiger partial charge in [0, 0.05) is 23.2 Å². The first-order valence-electron chi connectivity index (χ1n) is 13.6. The summed E-state index contributed by atoms with van der Waals surface area (Å²) in [5, 5.41) is 6.07. The van der Waals surface area contributed by atoms with Crippen LogP contribution in [0.2, 0.25) is 0 Å². The molecule has 42 heavy (non-hydrogen) atoms. The van der Waals surface area contributed by atoms with Gasteiger partial charge in [-0.15, -0.1) is 11.3 Å². The molecule has 1 aliphatic heterocycles. The number of carbonyl (C=O) groups is 2. The highest BCUT2D eigenvalue weighted by Gasteiger charge is 2.28. The number of benzene rings is 2. The van der Waals surface area contributed by atoms with Gasteiger partial charge in [0.25, 0.3) is 11.8 Å². The maximum atomic E-state index is 14.4. The molecule has 5 aromatic rings. The lowest BCUT2D eigenvalue weighted by atomic mass is 10.1. The number of hydrogen-bond acceptors (Lipinski definition) is 6. The second-order valence-electron chi connectivity index (χ2n) is 10.1. The number of para-hydroxylation sites is 2. The Balaban J connectivity index is 1.26. The Hall–Kier alpha value is -4.89. The summed E-state index contributed by atoms with van der Waals surface area (Å²) in [4.78, 5) is 39.2. The molecule has 1 unspecified atom stereocenters. The van der Waals surface area contributed by atoms with Gasteiger partial charge < -0.3 is 15.5 Å². The summed E-state index contributed by atoms with van der Waals surface area (Å²) in [7, 11) is 0. The molecule has 1 aliphatic rings. The molecule has 2 N–H and O–H groups in total. The number of anilines is 3. The molecule has 0 fully saturated rings. The van der Waals surface area contributed by atoms with Crippen LogP contribution in [0.4, 0.5) is 21.6 Å². The standard InChI is InChI=1S/C33H28FN5O2S/c1-20-9-7-11-24(34)30(20)38-32(40)28-19-22-16-18-39(27-14-4-3-10-23(27)31(22)42-28)33(41)26-13-8-15-29(37-26)36-21(2)25-12-5-6-17-35-25/h3-15,17,19,21H,16,18H2,1-2H3,(H,36,37)(H,38,40). The van der Waals surface area contributed by atoms with Crippen LogP contribution in [0, 0.1) is 12.7 Å². The summed E-state index contributed by atoms with van der Waals surface area (Å²) in [6, 6.07) is 25.2. The Morgan fingerprint density at radius 2 is 1.81 bits per heavy atom. The number of fused-ring (bicyclic) bond motifs is 3. The normalized spacial score (nSPS) is 13.0. The molecule has 7 nitrogen and oxygen atoms in total. The zero-order valence-electron chi connectivity index (χ0n) is 23.1. The van der Waals surface area contributed by atoms with E-state index in [1.165, 1.54) is 17.4 Å². The fraction of sp³-hybridized carbons (Fsp3) is 0.152. The third-order valence-electron chi connectivity index (χ3n) is 7.25. The van der Waals surface area contributed by atoms with Crippen LogP contribution in [0.25, 0.3) is 10.4 Å². The van der Waals surface area contributed by atoms with Crippen LogP contribution in [-0.2, 0) is 6.42 Å². The molecule has 0 saturated carbocycles. The molecule has 2 amide bonds. The van der Waals surface area contributed by atoms with Crippen molar-refractivity contribution in [1.29, 1.82) is 0 Å². The van der Waals surface area contributed by atoms with Crippen LogP contribution in [0.5, 0.6) is 0 Å². The van der Waals surface area contributed by atoms with E-state index in [1.54, 1.807) is 36.2 Å². The minimum Gasteiger partial charge on any atom is -0.362 e. The second-order valence-corrected chi connectivity index (χ2v) is 11.2. The molecule has 9 heteroatoms. The highest BCUT2D eigenvalue weighted by atomic mass is 32.1. The summed E-state index contributed by atoms with van der Waals surface area (Å²) >= 11 is 1.34. The quantitative estimate of drug-likeness (QED) is 0.221. The summed E-state index contributed by atoms with van der Waals surface area (Å²) in [5.41, 5.74) is 4.62. The number of amides is 2. The highest BCUT2D eigenvalue weighted by Crippen LogP contribution is 2.42.